The molecule has 0 radical (unpaired) electrons. The molecule has 106 valence electrons. The fraction of sp³-hybridized carbons (Fsp3) is 0.0667. The molecule has 0 bridgehead atoms. The van der Waals surface area contributed by atoms with Crippen molar-refractivity contribution in [3.05, 3.63) is 58.3 Å². The lowest BCUT2D eigenvalue weighted by Gasteiger charge is -1.98. The molecule has 0 aliphatic rings. The largest absolute Gasteiger partial charge is 0.334 e. The van der Waals surface area contributed by atoms with Crippen LogP contribution in [0.25, 0.3) is 22.8 Å². The van der Waals surface area contributed by atoms with Crippen molar-refractivity contribution in [3.8, 4) is 22.8 Å². The third-order valence-electron chi connectivity index (χ3n) is 2.96. The highest BCUT2D eigenvalue weighted by atomic mass is 79.9. The molecule has 3 rings (SSSR count). The quantitative estimate of drug-likeness (QED) is 0.783. The predicted octanol–water partition coefficient (Wildman–Crippen LogP) is 3.76. The van der Waals surface area contributed by atoms with E-state index in [9.17, 15) is 4.39 Å². The van der Waals surface area contributed by atoms with Crippen molar-refractivity contribution in [2.45, 2.75) is 6.54 Å². The van der Waals surface area contributed by atoms with Gasteiger partial charge in [-0.1, -0.05) is 33.2 Å². The Kier molecular flexibility index (Phi) is 3.81. The molecular weight excluding hydrogens is 337 g/mol. The number of nitrogens with two attached hydrogens (primary N) is 1. The van der Waals surface area contributed by atoms with E-state index in [1.807, 2.05) is 24.3 Å². The third-order valence-corrected chi connectivity index (χ3v) is 3.41. The van der Waals surface area contributed by atoms with Crippen molar-refractivity contribution < 1.29 is 8.91 Å². The maximum absolute atomic E-state index is 13.4. The first kappa shape index (κ1) is 13.9. The molecular formula is C15H11BrFN3O. The van der Waals surface area contributed by atoms with Crippen LogP contribution in [0.3, 0.4) is 0 Å². The van der Waals surface area contributed by atoms with Gasteiger partial charge in [0.2, 0.25) is 5.82 Å². The summed E-state index contributed by atoms with van der Waals surface area (Å²) < 4.78 is 19.3. The van der Waals surface area contributed by atoms with Gasteiger partial charge in [0.05, 0.1) is 0 Å². The van der Waals surface area contributed by atoms with Gasteiger partial charge in [0.25, 0.3) is 5.89 Å². The number of nitrogens with zero attached hydrogens (tertiary/aromatic N) is 2. The first-order valence-corrected chi connectivity index (χ1v) is 7.04. The Morgan fingerprint density at radius 1 is 1.14 bits per heavy atom. The lowest BCUT2D eigenvalue weighted by molar-refractivity contribution is 0.432. The van der Waals surface area contributed by atoms with E-state index in [-0.39, 0.29) is 5.82 Å². The second-order valence-corrected chi connectivity index (χ2v) is 5.40. The van der Waals surface area contributed by atoms with Crippen LogP contribution in [0.5, 0.6) is 0 Å². The minimum Gasteiger partial charge on any atom is -0.334 e. The van der Waals surface area contributed by atoms with Crippen molar-refractivity contribution in [2.75, 3.05) is 0 Å². The minimum atomic E-state index is -0.365. The van der Waals surface area contributed by atoms with Gasteiger partial charge in [-0.25, -0.2) is 4.39 Å². The molecule has 1 aromatic heterocycles. The van der Waals surface area contributed by atoms with Gasteiger partial charge >= 0.3 is 0 Å². The summed E-state index contributed by atoms with van der Waals surface area (Å²) in [5.74, 6) is 0.347. The van der Waals surface area contributed by atoms with E-state index >= 15 is 0 Å². The first-order chi connectivity index (χ1) is 10.2. The molecule has 6 heteroatoms. The molecule has 0 spiro atoms. The summed E-state index contributed by atoms with van der Waals surface area (Å²) in [6.07, 6.45) is 0. The maximum atomic E-state index is 13.4. The topological polar surface area (TPSA) is 64.9 Å². The third kappa shape index (κ3) is 3.01. The Balaban J connectivity index is 1.99. The molecule has 0 saturated heterocycles. The van der Waals surface area contributed by atoms with Crippen molar-refractivity contribution in [3.63, 3.8) is 0 Å². The molecule has 0 fully saturated rings. The van der Waals surface area contributed by atoms with Crippen LogP contribution in [-0.4, -0.2) is 10.1 Å². The Morgan fingerprint density at radius 3 is 2.76 bits per heavy atom. The molecule has 0 aliphatic carbocycles. The fourth-order valence-electron chi connectivity index (χ4n) is 1.97. The monoisotopic (exact) mass is 347 g/mol. The summed E-state index contributed by atoms with van der Waals surface area (Å²) in [7, 11) is 0. The average Bonchev–Trinajstić information content (AvgIpc) is 2.96. The molecule has 4 nitrogen and oxygen atoms in total. The van der Waals surface area contributed by atoms with E-state index in [4.69, 9.17) is 10.3 Å². The van der Waals surface area contributed by atoms with Crippen LogP contribution in [0.4, 0.5) is 4.39 Å². The van der Waals surface area contributed by atoms with Gasteiger partial charge < -0.3 is 10.3 Å². The molecule has 0 amide bonds. The summed E-state index contributed by atoms with van der Waals surface area (Å²) in [4.78, 5) is 4.30. The lowest BCUT2D eigenvalue weighted by Crippen LogP contribution is -1.95. The Morgan fingerprint density at radius 2 is 2.00 bits per heavy atom. The average molecular weight is 348 g/mol. The molecule has 1 heterocycles. The van der Waals surface area contributed by atoms with Crippen molar-refractivity contribution in [1.29, 1.82) is 0 Å². The van der Waals surface area contributed by atoms with Crippen LogP contribution < -0.4 is 5.73 Å². The first-order valence-electron chi connectivity index (χ1n) is 6.25. The van der Waals surface area contributed by atoms with Crippen LogP contribution in [0.1, 0.15) is 5.56 Å². The molecule has 3 aromatic rings. The van der Waals surface area contributed by atoms with Gasteiger partial charge in [-0.3, -0.25) is 0 Å². The minimum absolute atomic E-state index is 0.336. The van der Waals surface area contributed by atoms with Crippen molar-refractivity contribution >= 4 is 15.9 Å². The standard InChI is InChI=1S/C15H11BrFN3O/c16-12-5-11(6-13(17)7-12)14-19-15(21-20-14)10-3-1-2-9(4-10)8-18/h1-7H,8,18H2. The number of rotatable bonds is 3. The van der Waals surface area contributed by atoms with E-state index in [1.54, 1.807) is 6.07 Å². The summed E-state index contributed by atoms with van der Waals surface area (Å²) >= 11 is 3.24. The van der Waals surface area contributed by atoms with Gasteiger partial charge in [0.15, 0.2) is 0 Å². The van der Waals surface area contributed by atoms with Gasteiger partial charge in [-0.15, -0.1) is 0 Å². The second kappa shape index (κ2) is 5.75. The van der Waals surface area contributed by atoms with Gasteiger partial charge in [-0.05, 0) is 35.9 Å². The van der Waals surface area contributed by atoms with Gasteiger partial charge in [0, 0.05) is 22.1 Å². The summed E-state index contributed by atoms with van der Waals surface area (Å²) in [6.45, 7) is 0.436. The van der Waals surface area contributed by atoms with Gasteiger partial charge in [0.1, 0.15) is 5.82 Å². The van der Waals surface area contributed by atoms with Crippen LogP contribution in [-0.2, 0) is 6.54 Å². The smallest absolute Gasteiger partial charge is 0.258 e. The number of hydrogen-bond acceptors (Lipinski definition) is 4. The molecule has 0 saturated carbocycles. The Hall–Kier alpha value is -2.05. The zero-order chi connectivity index (χ0) is 14.8. The molecule has 21 heavy (non-hydrogen) atoms. The Labute approximate surface area is 128 Å². The summed E-state index contributed by atoms with van der Waals surface area (Å²) in [6, 6.07) is 12.0. The van der Waals surface area contributed by atoms with Crippen molar-refractivity contribution in [1.82, 2.24) is 10.1 Å². The summed E-state index contributed by atoms with van der Waals surface area (Å²) in [5, 5.41) is 3.90. The van der Waals surface area contributed by atoms with E-state index in [0.717, 1.165) is 11.1 Å². The maximum Gasteiger partial charge on any atom is 0.258 e. The zero-order valence-corrected chi connectivity index (χ0v) is 12.5. The fourth-order valence-corrected chi connectivity index (χ4v) is 2.44. The number of aromatic nitrogens is 2. The zero-order valence-electron chi connectivity index (χ0n) is 10.9. The highest BCUT2D eigenvalue weighted by Crippen LogP contribution is 2.25. The van der Waals surface area contributed by atoms with Gasteiger partial charge in [-0.2, -0.15) is 4.98 Å². The molecule has 0 unspecified atom stereocenters. The van der Waals surface area contributed by atoms with E-state index in [0.29, 0.717) is 28.3 Å². The lowest BCUT2D eigenvalue weighted by atomic mass is 10.1. The van der Waals surface area contributed by atoms with E-state index in [1.165, 1.54) is 12.1 Å². The SMILES string of the molecule is NCc1cccc(-c2nc(-c3cc(F)cc(Br)c3)no2)c1. The van der Waals surface area contributed by atoms with E-state index < -0.39 is 0 Å². The number of hydrogen-bond donors (Lipinski definition) is 1. The predicted molar refractivity (Wildman–Crippen MR) is 80.7 cm³/mol. The number of benzene rings is 2. The normalized spacial score (nSPS) is 10.8. The van der Waals surface area contributed by atoms with Crippen LogP contribution in [0.15, 0.2) is 51.5 Å². The van der Waals surface area contributed by atoms with Crippen LogP contribution in [0, 0.1) is 5.82 Å². The second-order valence-electron chi connectivity index (χ2n) is 4.49. The Bertz CT molecular complexity index is 768. The number of halogens is 2. The molecule has 0 atom stereocenters. The molecule has 2 N–H and O–H groups in total. The van der Waals surface area contributed by atoms with Crippen LogP contribution in [0.2, 0.25) is 0 Å². The highest BCUT2D eigenvalue weighted by Gasteiger charge is 2.12. The summed E-state index contributed by atoms with van der Waals surface area (Å²) in [5.41, 5.74) is 7.92. The molecule has 0 aliphatic heterocycles. The van der Waals surface area contributed by atoms with E-state index in [2.05, 4.69) is 26.1 Å². The molecule has 2 aromatic carbocycles. The highest BCUT2D eigenvalue weighted by molar-refractivity contribution is 9.10. The van der Waals surface area contributed by atoms with Crippen molar-refractivity contribution in [2.24, 2.45) is 5.73 Å². The van der Waals surface area contributed by atoms with Crippen LogP contribution >= 0.6 is 15.9 Å².